The van der Waals surface area contributed by atoms with Crippen LogP contribution < -0.4 is 5.32 Å². The fraction of sp³-hybridized carbons (Fsp3) is 0.769. The maximum Gasteiger partial charge on any atom is 0.308 e. The van der Waals surface area contributed by atoms with Crippen molar-refractivity contribution >= 4 is 18.2 Å². The van der Waals surface area contributed by atoms with E-state index < -0.39 is 12.0 Å². The van der Waals surface area contributed by atoms with E-state index in [0.717, 1.165) is 19.3 Å². The van der Waals surface area contributed by atoms with Crippen LogP contribution in [0.5, 0.6) is 0 Å². The molecule has 0 spiro atoms. The summed E-state index contributed by atoms with van der Waals surface area (Å²) in [5, 5.41) is 2.65. The van der Waals surface area contributed by atoms with E-state index in [0.29, 0.717) is 18.1 Å². The number of carbonyl (C=O) groups excluding carboxylic acids is 3. The standard InChI is InChI=1S/C13H19NO4/c1-18-12(16)6-10(7-15)14-13(17)11-5-8-2-3-9(11)4-8/h7-11H,2-6H2,1H3,(H,14,17)/t8-,9+,10?,11?/m1/s1. The topological polar surface area (TPSA) is 72.5 Å². The molecule has 1 amide bonds. The van der Waals surface area contributed by atoms with E-state index in [4.69, 9.17) is 0 Å². The van der Waals surface area contributed by atoms with Crippen molar-refractivity contribution in [1.29, 1.82) is 0 Å². The van der Waals surface area contributed by atoms with E-state index in [1.54, 1.807) is 0 Å². The van der Waals surface area contributed by atoms with Crippen molar-refractivity contribution in [3.8, 4) is 0 Å². The maximum absolute atomic E-state index is 12.1. The van der Waals surface area contributed by atoms with Crippen LogP contribution in [-0.4, -0.2) is 31.3 Å². The van der Waals surface area contributed by atoms with Crippen molar-refractivity contribution in [1.82, 2.24) is 5.32 Å². The first-order valence-electron chi connectivity index (χ1n) is 6.46. The van der Waals surface area contributed by atoms with Gasteiger partial charge in [-0.2, -0.15) is 0 Å². The van der Waals surface area contributed by atoms with Gasteiger partial charge in [-0.25, -0.2) is 0 Å². The van der Waals surface area contributed by atoms with E-state index in [-0.39, 0.29) is 18.2 Å². The van der Waals surface area contributed by atoms with Crippen LogP contribution in [0.3, 0.4) is 0 Å². The van der Waals surface area contributed by atoms with Gasteiger partial charge < -0.3 is 14.8 Å². The van der Waals surface area contributed by atoms with Gasteiger partial charge in [-0.1, -0.05) is 6.42 Å². The zero-order valence-corrected chi connectivity index (χ0v) is 10.6. The molecule has 18 heavy (non-hydrogen) atoms. The number of nitrogens with one attached hydrogen (secondary N) is 1. The van der Waals surface area contributed by atoms with Gasteiger partial charge in [0.15, 0.2) is 0 Å². The number of methoxy groups -OCH3 is 1. The van der Waals surface area contributed by atoms with Gasteiger partial charge in [0.1, 0.15) is 6.29 Å². The molecule has 5 heteroatoms. The molecule has 4 atom stereocenters. The Hall–Kier alpha value is -1.39. The van der Waals surface area contributed by atoms with Crippen LogP contribution in [0.4, 0.5) is 0 Å². The Kier molecular flexibility index (Phi) is 3.99. The molecule has 0 aromatic rings. The highest BCUT2D eigenvalue weighted by Gasteiger charge is 2.43. The molecule has 2 rings (SSSR count). The summed E-state index contributed by atoms with van der Waals surface area (Å²) >= 11 is 0. The van der Waals surface area contributed by atoms with Crippen molar-refractivity contribution in [2.45, 2.75) is 38.1 Å². The largest absolute Gasteiger partial charge is 0.469 e. The summed E-state index contributed by atoms with van der Waals surface area (Å²) < 4.78 is 4.49. The van der Waals surface area contributed by atoms with Crippen molar-refractivity contribution in [3.63, 3.8) is 0 Å². The summed E-state index contributed by atoms with van der Waals surface area (Å²) in [7, 11) is 1.27. The van der Waals surface area contributed by atoms with Crippen LogP contribution in [0.1, 0.15) is 32.1 Å². The SMILES string of the molecule is COC(=O)CC(C=O)NC(=O)C1C[C@@H]2CC[C@H]1C2. The summed E-state index contributed by atoms with van der Waals surface area (Å²) in [6.45, 7) is 0. The highest BCUT2D eigenvalue weighted by Crippen LogP contribution is 2.48. The van der Waals surface area contributed by atoms with Crippen LogP contribution in [0.25, 0.3) is 0 Å². The fourth-order valence-corrected chi connectivity index (χ4v) is 3.25. The van der Waals surface area contributed by atoms with Crippen molar-refractivity contribution in [2.24, 2.45) is 17.8 Å². The molecule has 0 heterocycles. The predicted molar refractivity (Wildman–Crippen MR) is 63.6 cm³/mol. The second-order valence-electron chi connectivity index (χ2n) is 5.31. The number of aldehydes is 1. The lowest BCUT2D eigenvalue weighted by atomic mass is 9.88. The Bertz CT molecular complexity index is 355. The van der Waals surface area contributed by atoms with Crippen LogP contribution in [0.15, 0.2) is 0 Å². The van der Waals surface area contributed by atoms with Gasteiger partial charge in [-0.05, 0) is 31.1 Å². The third kappa shape index (κ3) is 2.71. The first kappa shape index (κ1) is 13.1. The van der Waals surface area contributed by atoms with Crippen LogP contribution in [0, 0.1) is 17.8 Å². The van der Waals surface area contributed by atoms with Gasteiger partial charge in [0.2, 0.25) is 5.91 Å². The average molecular weight is 253 g/mol. The smallest absolute Gasteiger partial charge is 0.308 e. The Labute approximate surface area is 106 Å². The van der Waals surface area contributed by atoms with Crippen LogP contribution in [-0.2, 0) is 19.1 Å². The lowest BCUT2D eigenvalue weighted by Crippen LogP contribution is -2.42. The number of esters is 1. The number of hydrogen-bond acceptors (Lipinski definition) is 4. The zero-order valence-electron chi connectivity index (χ0n) is 10.6. The van der Waals surface area contributed by atoms with E-state index in [2.05, 4.69) is 10.1 Å². The number of amides is 1. The van der Waals surface area contributed by atoms with Gasteiger partial charge in [0.05, 0.1) is 19.6 Å². The summed E-state index contributed by atoms with van der Waals surface area (Å²) in [4.78, 5) is 34.0. The zero-order chi connectivity index (χ0) is 13.1. The Morgan fingerprint density at radius 1 is 1.39 bits per heavy atom. The molecule has 100 valence electrons. The molecule has 2 saturated carbocycles. The third-order valence-electron chi connectivity index (χ3n) is 4.18. The van der Waals surface area contributed by atoms with Crippen LogP contribution >= 0.6 is 0 Å². The lowest BCUT2D eigenvalue weighted by Gasteiger charge is -2.22. The molecule has 2 aliphatic rings. The van der Waals surface area contributed by atoms with Gasteiger partial charge in [-0.15, -0.1) is 0 Å². The summed E-state index contributed by atoms with van der Waals surface area (Å²) in [5.41, 5.74) is 0. The van der Waals surface area contributed by atoms with Crippen molar-refractivity contribution in [3.05, 3.63) is 0 Å². The molecule has 1 N–H and O–H groups in total. The lowest BCUT2D eigenvalue weighted by molar-refractivity contribution is -0.142. The molecule has 5 nitrogen and oxygen atoms in total. The van der Waals surface area contributed by atoms with Crippen molar-refractivity contribution < 1.29 is 19.1 Å². The molecule has 0 radical (unpaired) electrons. The number of fused-ring (bicyclic) bond motifs is 2. The van der Waals surface area contributed by atoms with E-state index in [1.807, 2.05) is 0 Å². The fourth-order valence-electron chi connectivity index (χ4n) is 3.25. The van der Waals surface area contributed by atoms with E-state index in [1.165, 1.54) is 13.5 Å². The second-order valence-corrected chi connectivity index (χ2v) is 5.31. The van der Waals surface area contributed by atoms with Gasteiger partial charge in [0, 0.05) is 5.92 Å². The highest BCUT2D eigenvalue weighted by molar-refractivity contribution is 5.84. The number of ether oxygens (including phenoxy) is 1. The first-order chi connectivity index (χ1) is 8.63. The Balaban J connectivity index is 1.86. The minimum atomic E-state index is -0.760. The Morgan fingerprint density at radius 2 is 2.17 bits per heavy atom. The van der Waals surface area contributed by atoms with E-state index in [9.17, 15) is 14.4 Å². The second kappa shape index (κ2) is 5.50. The van der Waals surface area contributed by atoms with Crippen LogP contribution in [0.2, 0.25) is 0 Å². The first-order valence-corrected chi connectivity index (χ1v) is 6.46. The van der Waals surface area contributed by atoms with Crippen molar-refractivity contribution in [2.75, 3.05) is 7.11 Å². The molecule has 0 aromatic heterocycles. The monoisotopic (exact) mass is 253 g/mol. The summed E-state index contributed by atoms with van der Waals surface area (Å²) in [6, 6.07) is -0.760. The number of rotatable bonds is 5. The van der Waals surface area contributed by atoms with E-state index >= 15 is 0 Å². The molecule has 0 aliphatic heterocycles. The molecule has 2 unspecified atom stereocenters. The minimum absolute atomic E-state index is 0.0313. The molecular formula is C13H19NO4. The highest BCUT2D eigenvalue weighted by atomic mass is 16.5. The molecule has 2 fully saturated rings. The molecule has 2 aliphatic carbocycles. The predicted octanol–water partition coefficient (Wildman–Crippen LogP) is 0.669. The minimum Gasteiger partial charge on any atom is -0.469 e. The normalized spacial score (nSPS) is 30.8. The molecule has 0 saturated heterocycles. The quantitative estimate of drug-likeness (QED) is 0.577. The maximum atomic E-state index is 12.1. The molecule has 2 bridgehead atoms. The van der Waals surface area contributed by atoms with Gasteiger partial charge >= 0.3 is 5.97 Å². The molecule has 0 aromatic carbocycles. The van der Waals surface area contributed by atoms with Gasteiger partial charge in [-0.3, -0.25) is 9.59 Å². The average Bonchev–Trinajstić information content (AvgIpc) is 2.99. The number of hydrogen-bond donors (Lipinski definition) is 1. The Morgan fingerprint density at radius 3 is 2.67 bits per heavy atom. The summed E-state index contributed by atoms with van der Waals surface area (Å²) in [6.07, 6.45) is 4.93. The summed E-state index contributed by atoms with van der Waals surface area (Å²) in [5.74, 6) is 0.619. The number of carbonyl (C=O) groups is 3. The van der Waals surface area contributed by atoms with Gasteiger partial charge in [0.25, 0.3) is 0 Å². The third-order valence-corrected chi connectivity index (χ3v) is 4.18. The molecular weight excluding hydrogens is 234 g/mol.